The van der Waals surface area contributed by atoms with Gasteiger partial charge in [0.1, 0.15) is 11.4 Å². The molecular weight excluding hydrogens is 231 g/mol. The highest BCUT2D eigenvalue weighted by molar-refractivity contribution is 5.29. The standard InChI is InChI=1S/C14H21FN2O/c1-2-6-18-13-7-11(9-17-10-13)14(15)5-3-4-12(16)8-14/h7,9-10,12H,2-6,8,16H2,1H3. The molecule has 1 heterocycles. The van der Waals surface area contributed by atoms with Crippen molar-refractivity contribution in [2.75, 3.05) is 6.61 Å². The maximum absolute atomic E-state index is 14.9. The van der Waals surface area contributed by atoms with E-state index in [1.807, 2.05) is 6.92 Å². The molecule has 0 aromatic carbocycles. The predicted octanol–water partition coefficient (Wildman–Crippen LogP) is 2.94. The summed E-state index contributed by atoms with van der Waals surface area (Å²) in [7, 11) is 0. The van der Waals surface area contributed by atoms with Crippen molar-refractivity contribution in [1.82, 2.24) is 4.98 Å². The van der Waals surface area contributed by atoms with Crippen molar-refractivity contribution >= 4 is 0 Å². The van der Waals surface area contributed by atoms with E-state index < -0.39 is 5.67 Å². The molecule has 2 N–H and O–H groups in total. The molecule has 2 atom stereocenters. The number of halogens is 1. The molecule has 1 aromatic heterocycles. The number of aromatic nitrogens is 1. The molecular formula is C14H21FN2O. The van der Waals surface area contributed by atoms with Gasteiger partial charge in [0.15, 0.2) is 0 Å². The van der Waals surface area contributed by atoms with Gasteiger partial charge in [-0.15, -0.1) is 0 Å². The minimum Gasteiger partial charge on any atom is -0.492 e. The fourth-order valence-electron chi connectivity index (χ4n) is 2.49. The molecule has 100 valence electrons. The molecule has 4 heteroatoms. The molecule has 0 amide bonds. The van der Waals surface area contributed by atoms with Gasteiger partial charge in [-0.3, -0.25) is 4.98 Å². The summed E-state index contributed by atoms with van der Waals surface area (Å²) in [6.45, 7) is 2.66. The Morgan fingerprint density at radius 2 is 2.39 bits per heavy atom. The smallest absolute Gasteiger partial charge is 0.139 e. The number of hydrogen-bond donors (Lipinski definition) is 1. The Morgan fingerprint density at radius 1 is 1.56 bits per heavy atom. The van der Waals surface area contributed by atoms with Crippen molar-refractivity contribution < 1.29 is 9.13 Å². The number of nitrogens with zero attached hydrogens (tertiary/aromatic N) is 1. The van der Waals surface area contributed by atoms with E-state index in [-0.39, 0.29) is 6.04 Å². The van der Waals surface area contributed by atoms with Gasteiger partial charge in [0.05, 0.1) is 12.8 Å². The van der Waals surface area contributed by atoms with Crippen LogP contribution in [-0.2, 0) is 5.67 Å². The molecule has 2 unspecified atom stereocenters. The monoisotopic (exact) mass is 252 g/mol. The Balaban J connectivity index is 2.16. The quantitative estimate of drug-likeness (QED) is 0.896. The summed E-state index contributed by atoms with van der Waals surface area (Å²) < 4.78 is 20.4. The Morgan fingerprint density at radius 3 is 3.11 bits per heavy atom. The average Bonchev–Trinajstić information content (AvgIpc) is 2.36. The maximum Gasteiger partial charge on any atom is 0.139 e. The van der Waals surface area contributed by atoms with E-state index in [1.165, 1.54) is 0 Å². The Bertz CT molecular complexity index is 399. The van der Waals surface area contributed by atoms with Crippen LogP contribution in [0.15, 0.2) is 18.5 Å². The summed E-state index contributed by atoms with van der Waals surface area (Å²) in [5.74, 6) is 0.644. The largest absolute Gasteiger partial charge is 0.492 e. The van der Waals surface area contributed by atoms with E-state index in [9.17, 15) is 4.39 Å². The number of hydrogen-bond acceptors (Lipinski definition) is 3. The van der Waals surface area contributed by atoms with Crippen LogP contribution in [0.4, 0.5) is 4.39 Å². The van der Waals surface area contributed by atoms with Gasteiger partial charge in [0, 0.05) is 24.2 Å². The minimum absolute atomic E-state index is 0.0519. The van der Waals surface area contributed by atoms with E-state index in [4.69, 9.17) is 10.5 Å². The molecule has 1 saturated carbocycles. The van der Waals surface area contributed by atoms with Crippen LogP contribution in [-0.4, -0.2) is 17.6 Å². The molecule has 0 bridgehead atoms. The van der Waals surface area contributed by atoms with Gasteiger partial charge in [-0.05, 0) is 31.7 Å². The lowest BCUT2D eigenvalue weighted by Gasteiger charge is -2.33. The molecule has 0 aliphatic heterocycles. The average molecular weight is 252 g/mol. The van der Waals surface area contributed by atoms with Gasteiger partial charge in [-0.25, -0.2) is 4.39 Å². The van der Waals surface area contributed by atoms with E-state index in [1.54, 1.807) is 18.5 Å². The van der Waals surface area contributed by atoms with Crippen LogP contribution in [0.3, 0.4) is 0 Å². The van der Waals surface area contributed by atoms with Gasteiger partial charge < -0.3 is 10.5 Å². The second-order valence-corrected chi connectivity index (χ2v) is 5.08. The molecule has 1 aromatic rings. The summed E-state index contributed by atoms with van der Waals surface area (Å²) in [4.78, 5) is 4.08. The number of ether oxygens (including phenoxy) is 1. The van der Waals surface area contributed by atoms with Crippen molar-refractivity contribution in [2.24, 2.45) is 5.73 Å². The Hall–Kier alpha value is -1.16. The number of alkyl halides is 1. The second-order valence-electron chi connectivity index (χ2n) is 5.08. The number of nitrogens with two attached hydrogens (primary N) is 1. The molecule has 0 saturated heterocycles. The first-order valence-electron chi connectivity index (χ1n) is 6.67. The lowest BCUT2D eigenvalue weighted by atomic mass is 9.79. The van der Waals surface area contributed by atoms with Crippen LogP contribution in [0.25, 0.3) is 0 Å². The highest BCUT2D eigenvalue weighted by atomic mass is 19.1. The van der Waals surface area contributed by atoms with Gasteiger partial charge in [0.25, 0.3) is 0 Å². The molecule has 1 aliphatic carbocycles. The molecule has 18 heavy (non-hydrogen) atoms. The zero-order valence-electron chi connectivity index (χ0n) is 10.9. The number of pyridine rings is 1. The summed E-state index contributed by atoms with van der Waals surface area (Å²) in [6.07, 6.45) is 6.80. The van der Waals surface area contributed by atoms with Gasteiger partial charge in [-0.2, -0.15) is 0 Å². The lowest BCUT2D eigenvalue weighted by Crippen LogP contribution is -2.36. The minimum atomic E-state index is -1.34. The Labute approximate surface area is 108 Å². The van der Waals surface area contributed by atoms with Crippen LogP contribution in [0.2, 0.25) is 0 Å². The van der Waals surface area contributed by atoms with E-state index in [0.717, 1.165) is 19.3 Å². The Kier molecular flexibility index (Phi) is 4.17. The molecule has 1 fully saturated rings. The van der Waals surface area contributed by atoms with Crippen molar-refractivity contribution in [3.8, 4) is 5.75 Å². The van der Waals surface area contributed by atoms with Crippen molar-refractivity contribution in [1.29, 1.82) is 0 Å². The summed E-state index contributed by atoms with van der Waals surface area (Å²) in [6, 6.07) is 1.71. The molecule has 0 spiro atoms. The van der Waals surface area contributed by atoms with E-state index >= 15 is 0 Å². The molecule has 0 radical (unpaired) electrons. The predicted molar refractivity (Wildman–Crippen MR) is 69.3 cm³/mol. The van der Waals surface area contributed by atoms with Crippen LogP contribution < -0.4 is 10.5 Å². The van der Waals surface area contributed by atoms with E-state index in [2.05, 4.69) is 4.98 Å². The van der Waals surface area contributed by atoms with E-state index in [0.29, 0.717) is 30.8 Å². The van der Waals surface area contributed by atoms with Crippen molar-refractivity contribution in [3.05, 3.63) is 24.0 Å². The summed E-state index contributed by atoms with van der Waals surface area (Å²) >= 11 is 0. The highest BCUT2D eigenvalue weighted by Gasteiger charge is 2.37. The first-order chi connectivity index (χ1) is 8.64. The fraction of sp³-hybridized carbons (Fsp3) is 0.643. The first-order valence-corrected chi connectivity index (χ1v) is 6.67. The zero-order chi connectivity index (χ0) is 13.0. The summed E-state index contributed by atoms with van der Waals surface area (Å²) in [5, 5.41) is 0. The number of rotatable bonds is 4. The third kappa shape index (κ3) is 2.99. The lowest BCUT2D eigenvalue weighted by molar-refractivity contribution is 0.0939. The normalized spacial score (nSPS) is 28.1. The van der Waals surface area contributed by atoms with Crippen molar-refractivity contribution in [3.63, 3.8) is 0 Å². The fourth-order valence-corrected chi connectivity index (χ4v) is 2.49. The first kappa shape index (κ1) is 13.3. The highest BCUT2D eigenvalue weighted by Crippen LogP contribution is 2.40. The third-order valence-corrected chi connectivity index (χ3v) is 3.44. The van der Waals surface area contributed by atoms with Crippen LogP contribution >= 0.6 is 0 Å². The molecule has 1 aliphatic rings. The van der Waals surface area contributed by atoms with Crippen molar-refractivity contribution in [2.45, 2.75) is 50.7 Å². The van der Waals surface area contributed by atoms with Gasteiger partial charge >= 0.3 is 0 Å². The molecule has 2 rings (SSSR count). The zero-order valence-corrected chi connectivity index (χ0v) is 10.9. The maximum atomic E-state index is 14.9. The SMILES string of the molecule is CCCOc1cncc(C2(F)CCCC(N)C2)c1. The molecule has 3 nitrogen and oxygen atoms in total. The third-order valence-electron chi connectivity index (χ3n) is 3.44. The second kappa shape index (κ2) is 5.65. The topological polar surface area (TPSA) is 48.1 Å². The van der Waals surface area contributed by atoms with Crippen LogP contribution in [0.5, 0.6) is 5.75 Å². The van der Waals surface area contributed by atoms with Gasteiger partial charge in [-0.1, -0.05) is 6.92 Å². The van der Waals surface area contributed by atoms with Crippen LogP contribution in [0.1, 0.15) is 44.6 Å². The summed E-state index contributed by atoms with van der Waals surface area (Å²) in [5.41, 5.74) is 5.14. The van der Waals surface area contributed by atoms with Gasteiger partial charge in [0.2, 0.25) is 0 Å². The van der Waals surface area contributed by atoms with Crippen LogP contribution in [0, 0.1) is 0 Å².